The van der Waals surface area contributed by atoms with Crippen LogP contribution in [-0.4, -0.2) is 4.98 Å². The fourth-order valence-corrected chi connectivity index (χ4v) is 2.46. The maximum Gasteiger partial charge on any atom is 0.0992 e. The second-order valence-electron chi connectivity index (χ2n) is 4.07. The number of nitriles is 1. The monoisotopic (exact) mass is 257 g/mol. The molecule has 18 heavy (non-hydrogen) atoms. The Morgan fingerprint density at radius 1 is 1.44 bits per heavy atom. The van der Waals surface area contributed by atoms with Crippen LogP contribution >= 0.6 is 11.3 Å². The molecule has 0 saturated heterocycles. The Labute approximate surface area is 111 Å². The van der Waals surface area contributed by atoms with Crippen LogP contribution in [0.15, 0.2) is 24.4 Å². The molecular formula is C14H15N3S. The number of hydrogen-bond donors (Lipinski definition) is 1. The van der Waals surface area contributed by atoms with Gasteiger partial charge in [0.25, 0.3) is 0 Å². The second-order valence-corrected chi connectivity index (χ2v) is 5.27. The number of aromatic nitrogens is 1. The molecule has 0 spiro atoms. The smallest absolute Gasteiger partial charge is 0.0992 e. The van der Waals surface area contributed by atoms with Crippen molar-refractivity contribution >= 4 is 17.0 Å². The number of hydrogen-bond acceptors (Lipinski definition) is 4. The van der Waals surface area contributed by atoms with Gasteiger partial charge < -0.3 is 5.32 Å². The Kier molecular flexibility index (Phi) is 3.96. The molecule has 0 radical (unpaired) electrons. The van der Waals surface area contributed by atoms with Crippen molar-refractivity contribution < 1.29 is 0 Å². The molecule has 0 saturated carbocycles. The van der Waals surface area contributed by atoms with Crippen LogP contribution < -0.4 is 5.32 Å². The maximum atomic E-state index is 8.89. The van der Waals surface area contributed by atoms with Crippen LogP contribution in [0, 0.1) is 18.3 Å². The van der Waals surface area contributed by atoms with Gasteiger partial charge in [-0.1, -0.05) is 13.0 Å². The number of aryl methyl sites for hydroxylation is 2. The zero-order valence-electron chi connectivity index (χ0n) is 10.5. The summed E-state index contributed by atoms with van der Waals surface area (Å²) in [5.74, 6) is 0. The number of benzene rings is 1. The molecule has 1 heterocycles. The van der Waals surface area contributed by atoms with Gasteiger partial charge in [-0.3, -0.25) is 0 Å². The standard InChI is InChI=1S/C14H15N3S/c1-3-14-17-9-12(18-14)8-16-13-6-11(7-15)5-4-10(13)2/h4-6,9,16H,3,8H2,1-2H3. The molecule has 0 aliphatic heterocycles. The third-order valence-corrected chi connectivity index (χ3v) is 3.87. The van der Waals surface area contributed by atoms with E-state index < -0.39 is 0 Å². The lowest BCUT2D eigenvalue weighted by atomic mass is 10.1. The van der Waals surface area contributed by atoms with Gasteiger partial charge in [0.2, 0.25) is 0 Å². The molecule has 1 aromatic carbocycles. The molecular weight excluding hydrogens is 242 g/mol. The summed E-state index contributed by atoms with van der Waals surface area (Å²) >= 11 is 1.73. The van der Waals surface area contributed by atoms with Gasteiger partial charge in [-0.25, -0.2) is 4.98 Å². The van der Waals surface area contributed by atoms with Gasteiger partial charge in [0.05, 0.1) is 23.2 Å². The lowest BCUT2D eigenvalue weighted by Gasteiger charge is -2.08. The van der Waals surface area contributed by atoms with E-state index >= 15 is 0 Å². The third kappa shape index (κ3) is 2.88. The van der Waals surface area contributed by atoms with E-state index in [1.807, 2.05) is 31.3 Å². The van der Waals surface area contributed by atoms with Gasteiger partial charge in [-0.05, 0) is 31.0 Å². The predicted molar refractivity (Wildman–Crippen MR) is 74.7 cm³/mol. The fraction of sp³-hybridized carbons (Fsp3) is 0.286. The van der Waals surface area contributed by atoms with E-state index in [2.05, 4.69) is 23.3 Å². The van der Waals surface area contributed by atoms with E-state index in [1.165, 1.54) is 4.88 Å². The Balaban J connectivity index is 2.08. The van der Waals surface area contributed by atoms with E-state index in [4.69, 9.17) is 5.26 Å². The second kappa shape index (κ2) is 5.65. The van der Waals surface area contributed by atoms with Crippen molar-refractivity contribution in [3.05, 3.63) is 45.4 Å². The van der Waals surface area contributed by atoms with Crippen LogP contribution in [-0.2, 0) is 13.0 Å². The van der Waals surface area contributed by atoms with Crippen molar-refractivity contribution in [1.29, 1.82) is 5.26 Å². The first-order chi connectivity index (χ1) is 8.72. The first kappa shape index (κ1) is 12.6. The summed E-state index contributed by atoms with van der Waals surface area (Å²) in [6.45, 7) is 4.90. The van der Waals surface area contributed by atoms with Crippen molar-refractivity contribution in [3.8, 4) is 6.07 Å². The molecule has 3 nitrogen and oxygen atoms in total. The molecule has 0 bridgehead atoms. The van der Waals surface area contributed by atoms with Crippen LogP contribution in [0.5, 0.6) is 0 Å². The highest BCUT2D eigenvalue weighted by atomic mass is 32.1. The molecule has 0 aliphatic carbocycles. The zero-order valence-corrected chi connectivity index (χ0v) is 11.3. The molecule has 2 aromatic rings. The topological polar surface area (TPSA) is 48.7 Å². The van der Waals surface area contributed by atoms with Crippen LogP contribution in [0.2, 0.25) is 0 Å². The lowest BCUT2D eigenvalue weighted by molar-refractivity contribution is 1.09. The minimum absolute atomic E-state index is 0.682. The SMILES string of the molecule is CCc1ncc(CNc2cc(C#N)ccc2C)s1. The molecule has 1 N–H and O–H groups in total. The Hall–Kier alpha value is -1.86. The van der Waals surface area contributed by atoms with Gasteiger partial charge in [-0.15, -0.1) is 11.3 Å². The molecule has 4 heteroatoms. The van der Waals surface area contributed by atoms with Gasteiger partial charge in [-0.2, -0.15) is 5.26 Å². The molecule has 1 aromatic heterocycles. The molecule has 92 valence electrons. The molecule has 0 amide bonds. The number of rotatable bonds is 4. The van der Waals surface area contributed by atoms with Crippen molar-refractivity contribution in [1.82, 2.24) is 4.98 Å². The van der Waals surface area contributed by atoms with E-state index in [1.54, 1.807) is 11.3 Å². The van der Waals surface area contributed by atoms with Crippen molar-refractivity contribution in [3.63, 3.8) is 0 Å². The van der Waals surface area contributed by atoms with E-state index in [-0.39, 0.29) is 0 Å². The summed E-state index contributed by atoms with van der Waals surface area (Å²) in [4.78, 5) is 5.55. The molecule has 2 rings (SSSR count). The lowest BCUT2D eigenvalue weighted by Crippen LogP contribution is -1.99. The highest BCUT2D eigenvalue weighted by Crippen LogP contribution is 2.19. The van der Waals surface area contributed by atoms with Crippen LogP contribution in [0.1, 0.15) is 27.9 Å². The fourth-order valence-electron chi connectivity index (χ4n) is 1.66. The van der Waals surface area contributed by atoms with Gasteiger partial charge >= 0.3 is 0 Å². The highest BCUT2D eigenvalue weighted by molar-refractivity contribution is 7.11. The normalized spacial score (nSPS) is 10.1. The minimum atomic E-state index is 0.682. The minimum Gasteiger partial charge on any atom is -0.380 e. The van der Waals surface area contributed by atoms with Crippen LogP contribution in [0.25, 0.3) is 0 Å². The highest BCUT2D eigenvalue weighted by Gasteiger charge is 2.03. The summed E-state index contributed by atoms with van der Waals surface area (Å²) in [5, 5.41) is 13.4. The summed E-state index contributed by atoms with van der Waals surface area (Å²) in [5.41, 5.74) is 2.84. The number of nitrogens with zero attached hydrogens (tertiary/aromatic N) is 2. The van der Waals surface area contributed by atoms with Crippen LogP contribution in [0.4, 0.5) is 5.69 Å². The summed E-state index contributed by atoms with van der Waals surface area (Å²) in [7, 11) is 0. The quantitative estimate of drug-likeness (QED) is 0.912. The van der Waals surface area contributed by atoms with E-state index in [9.17, 15) is 0 Å². The van der Waals surface area contributed by atoms with Gasteiger partial charge in [0.1, 0.15) is 0 Å². The molecule has 0 fully saturated rings. The van der Waals surface area contributed by atoms with E-state index in [0.717, 1.165) is 29.2 Å². The first-order valence-corrected chi connectivity index (χ1v) is 6.72. The zero-order chi connectivity index (χ0) is 13.0. The third-order valence-electron chi connectivity index (χ3n) is 2.72. The Bertz CT molecular complexity index is 581. The summed E-state index contributed by atoms with van der Waals surface area (Å²) in [6.07, 6.45) is 2.90. The van der Waals surface area contributed by atoms with Gasteiger partial charge in [0, 0.05) is 16.8 Å². The number of thiazole rings is 1. The average molecular weight is 257 g/mol. The maximum absolute atomic E-state index is 8.89. The first-order valence-electron chi connectivity index (χ1n) is 5.91. The number of anilines is 1. The average Bonchev–Trinajstić information content (AvgIpc) is 2.86. The number of nitrogens with one attached hydrogen (secondary N) is 1. The molecule has 0 atom stereocenters. The Morgan fingerprint density at radius 2 is 2.28 bits per heavy atom. The van der Waals surface area contributed by atoms with Crippen LogP contribution in [0.3, 0.4) is 0 Å². The predicted octanol–water partition coefficient (Wildman–Crippen LogP) is 3.50. The van der Waals surface area contributed by atoms with Gasteiger partial charge in [0.15, 0.2) is 0 Å². The van der Waals surface area contributed by atoms with Crippen molar-refractivity contribution in [2.24, 2.45) is 0 Å². The van der Waals surface area contributed by atoms with Crippen molar-refractivity contribution in [2.75, 3.05) is 5.32 Å². The van der Waals surface area contributed by atoms with Crippen molar-refractivity contribution in [2.45, 2.75) is 26.8 Å². The van der Waals surface area contributed by atoms with E-state index in [0.29, 0.717) is 5.56 Å². The summed E-state index contributed by atoms with van der Waals surface area (Å²) < 4.78 is 0. The molecule has 0 unspecified atom stereocenters. The molecule has 0 aliphatic rings. The Morgan fingerprint density at radius 3 is 2.94 bits per heavy atom. The summed E-state index contributed by atoms with van der Waals surface area (Å²) in [6, 6.07) is 7.84. The largest absolute Gasteiger partial charge is 0.380 e.